The zero-order valence-electron chi connectivity index (χ0n) is 9.37. The van der Waals surface area contributed by atoms with Crippen molar-refractivity contribution in [3.63, 3.8) is 0 Å². The Kier molecular flexibility index (Phi) is 8.50. The zero-order valence-corrected chi connectivity index (χ0v) is 9.37. The van der Waals surface area contributed by atoms with Crippen molar-refractivity contribution in [3.8, 4) is 0 Å². The van der Waals surface area contributed by atoms with E-state index in [1.165, 1.54) is 0 Å². The van der Waals surface area contributed by atoms with Crippen LogP contribution in [0.15, 0.2) is 0 Å². The molecule has 0 aromatic carbocycles. The van der Waals surface area contributed by atoms with Crippen LogP contribution >= 0.6 is 0 Å². The van der Waals surface area contributed by atoms with Crippen molar-refractivity contribution in [2.45, 2.75) is 52.4 Å². The number of rotatable bonds is 9. The predicted octanol–water partition coefficient (Wildman–Crippen LogP) is 3.00. The summed E-state index contributed by atoms with van der Waals surface area (Å²) in [5, 5.41) is 0. The summed E-state index contributed by atoms with van der Waals surface area (Å²) in [4.78, 5) is 21.3. The molecule has 0 spiro atoms. The molecule has 0 aliphatic carbocycles. The molecule has 0 N–H and O–H groups in total. The van der Waals surface area contributed by atoms with Crippen LogP contribution in [0.2, 0.25) is 0 Å². The van der Waals surface area contributed by atoms with E-state index < -0.39 is 0 Å². The van der Waals surface area contributed by atoms with E-state index in [4.69, 9.17) is 0 Å². The van der Waals surface area contributed by atoms with Gasteiger partial charge >= 0.3 is 0 Å². The third-order valence-electron chi connectivity index (χ3n) is 2.61. The van der Waals surface area contributed by atoms with Crippen LogP contribution in [0.5, 0.6) is 0 Å². The molecule has 0 heterocycles. The second-order valence-electron chi connectivity index (χ2n) is 3.95. The van der Waals surface area contributed by atoms with E-state index in [0.717, 1.165) is 51.1 Å². The normalized spacial score (nSPS) is 14.7. The topological polar surface area (TPSA) is 34.1 Å². The van der Waals surface area contributed by atoms with Crippen LogP contribution in [0.25, 0.3) is 0 Å². The average Bonchev–Trinajstić information content (AvgIpc) is 2.22. The van der Waals surface area contributed by atoms with Crippen LogP contribution in [0, 0.1) is 11.8 Å². The van der Waals surface area contributed by atoms with Crippen LogP contribution in [0.1, 0.15) is 52.4 Å². The highest BCUT2D eigenvalue weighted by molar-refractivity contribution is 5.55. The number of hydrogen-bond donors (Lipinski definition) is 0. The van der Waals surface area contributed by atoms with Gasteiger partial charge in [-0.2, -0.15) is 0 Å². The molecule has 0 aromatic heterocycles. The van der Waals surface area contributed by atoms with E-state index in [1.807, 2.05) is 0 Å². The summed E-state index contributed by atoms with van der Waals surface area (Å²) in [6.07, 6.45) is 7.84. The molecule has 0 fully saturated rings. The molecule has 0 saturated carbocycles. The first-order valence-corrected chi connectivity index (χ1v) is 5.69. The molecule has 0 radical (unpaired) electrons. The molecular formula is C12H22O2. The van der Waals surface area contributed by atoms with Crippen LogP contribution in [0.3, 0.4) is 0 Å². The first kappa shape index (κ1) is 13.3. The van der Waals surface area contributed by atoms with Crippen molar-refractivity contribution in [2.75, 3.05) is 0 Å². The molecule has 0 rings (SSSR count). The molecule has 2 nitrogen and oxygen atoms in total. The highest BCUT2D eigenvalue weighted by Crippen LogP contribution is 2.17. The second kappa shape index (κ2) is 8.92. The van der Waals surface area contributed by atoms with E-state index in [2.05, 4.69) is 13.8 Å². The Balaban J connectivity index is 3.74. The Hall–Kier alpha value is -0.660. The van der Waals surface area contributed by atoms with Crippen molar-refractivity contribution >= 4 is 12.6 Å². The lowest BCUT2D eigenvalue weighted by Gasteiger charge is -2.12. The third-order valence-corrected chi connectivity index (χ3v) is 2.61. The Morgan fingerprint density at radius 3 is 1.36 bits per heavy atom. The van der Waals surface area contributed by atoms with E-state index in [0.29, 0.717) is 0 Å². The van der Waals surface area contributed by atoms with Crippen molar-refractivity contribution in [1.82, 2.24) is 0 Å². The monoisotopic (exact) mass is 198 g/mol. The van der Waals surface area contributed by atoms with Gasteiger partial charge in [-0.1, -0.05) is 26.7 Å². The molecule has 0 bridgehead atoms. The maximum absolute atomic E-state index is 10.7. The predicted molar refractivity (Wildman–Crippen MR) is 58.2 cm³/mol. The maximum Gasteiger partial charge on any atom is 0.123 e. The number of carbonyl (C=O) groups is 2. The fourth-order valence-corrected chi connectivity index (χ4v) is 1.73. The Morgan fingerprint density at radius 1 is 0.786 bits per heavy atom. The molecule has 2 heteroatoms. The summed E-state index contributed by atoms with van der Waals surface area (Å²) in [5.41, 5.74) is 0. The molecule has 0 saturated heterocycles. The van der Waals surface area contributed by atoms with Gasteiger partial charge in [0, 0.05) is 11.8 Å². The standard InChI is InChI=1S/C12H22O2/c1-3-5-11(9-13)7-8-12(10-14)6-4-2/h9-12H,3-8H2,1-2H3. The van der Waals surface area contributed by atoms with Crippen molar-refractivity contribution in [2.24, 2.45) is 11.8 Å². The fourth-order valence-electron chi connectivity index (χ4n) is 1.73. The van der Waals surface area contributed by atoms with Gasteiger partial charge in [0.2, 0.25) is 0 Å². The van der Waals surface area contributed by atoms with Crippen molar-refractivity contribution < 1.29 is 9.59 Å². The van der Waals surface area contributed by atoms with Crippen LogP contribution in [0.4, 0.5) is 0 Å². The van der Waals surface area contributed by atoms with E-state index in [9.17, 15) is 9.59 Å². The SMILES string of the molecule is CCCC(C=O)CCC(C=O)CCC. The number of hydrogen-bond acceptors (Lipinski definition) is 2. The number of carbonyl (C=O) groups excluding carboxylic acids is 2. The van der Waals surface area contributed by atoms with Crippen LogP contribution < -0.4 is 0 Å². The lowest BCUT2D eigenvalue weighted by molar-refractivity contribution is -0.113. The molecule has 14 heavy (non-hydrogen) atoms. The highest BCUT2D eigenvalue weighted by Gasteiger charge is 2.11. The molecule has 2 atom stereocenters. The minimum absolute atomic E-state index is 0.166. The first-order valence-electron chi connectivity index (χ1n) is 5.69. The quantitative estimate of drug-likeness (QED) is 0.534. The number of aldehydes is 2. The van der Waals surface area contributed by atoms with E-state index >= 15 is 0 Å². The Labute approximate surface area is 87.1 Å². The fraction of sp³-hybridized carbons (Fsp3) is 0.833. The molecular weight excluding hydrogens is 176 g/mol. The highest BCUT2D eigenvalue weighted by atomic mass is 16.1. The summed E-state index contributed by atoms with van der Waals surface area (Å²) < 4.78 is 0. The van der Waals surface area contributed by atoms with Gasteiger partial charge in [-0.3, -0.25) is 0 Å². The second-order valence-corrected chi connectivity index (χ2v) is 3.95. The summed E-state index contributed by atoms with van der Waals surface area (Å²) >= 11 is 0. The first-order chi connectivity index (χ1) is 6.78. The van der Waals surface area contributed by atoms with Crippen LogP contribution in [-0.2, 0) is 9.59 Å². The molecule has 82 valence electrons. The van der Waals surface area contributed by atoms with Gasteiger partial charge in [0.1, 0.15) is 12.6 Å². The molecule has 2 unspecified atom stereocenters. The van der Waals surface area contributed by atoms with E-state index in [1.54, 1.807) is 0 Å². The van der Waals surface area contributed by atoms with Gasteiger partial charge in [0.25, 0.3) is 0 Å². The van der Waals surface area contributed by atoms with Gasteiger partial charge in [-0.05, 0) is 25.7 Å². The zero-order chi connectivity index (χ0) is 10.8. The van der Waals surface area contributed by atoms with Gasteiger partial charge < -0.3 is 9.59 Å². The third kappa shape index (κ3) is 5.90. The van der Waals surface area contributed by atoms with Gasteiger partial charge in [-0.25, -0.2) is 0 Å². The van der Waals surface area contributed by atoms with E-state index in [-0.39, 0.29) is 11.8 Å². The Morgan fingerprint density at radius 2 is 1.14 bits per heavy atom. The summed E-state index contributed by atoms with van der Waals surface area (Å²) in [6, 6.07) is 0. The summed E-state index contributed by atoms with van der Waals surface area (Å²) in [5.74, 6) is 0.332. The smallest absolute Gasteiger partial charge is 0.123 e. The van der Waals surface area contributed by atoms with Gasteiger partial charge in [0.15, 0.2) is 0 Å². The van der Waals surface area contributed by atoms with Crippen LogP contribution in [-0.4, -0.2) is 12.6 Å². The van der Waals surface area contributed by atoms with Gasteiger partial charge in [0.05, 0.1) is 0 Å². The molecule has 0 aromatic rings. The molecule has 0 amide bonds. The largest absolute Gasteiger partial charge is 0.303 e. The van der Waals surface area contributed by atoms with Gasteiger partial charge in [-0.15, -0.1) is 0 Å². The lowest BCUT2D eigenvalue weighted by atomic mass is 9.92. The maximum atomic E-state index is 10.7. The minimum atomic E-state index is 0.166. The summed E-state index contributed by atoms with van der Waals surface area (Å²) in [6.45, 7) is 4.17. The van der Waals surface area contributed by atoms with Crippen molar-refractivity contribution in [1.29, 1.82) is 0 Å². The Bertz CT molecular complexity index is 136. The summed E-state index contributed by atoms with van der Waals surface area (Å²) in [7, 11) is 0. The molecule has 0 aliphatic heterocycles. The van der Waals surface area contributed by atoms with Crippen molar-refractivity contribution in [3.05, 3.63) is 0 Å². The average molecular weight is 198 g/mol. The molecule has 0 aliphatic rings. The lowest BCUT2D eigenvalue weighted by Crippen LogP contribution is -2.07. The minimum Gasteiger partial charge on any atom is -0.303 e.